The molecule has 0 radical (unpaired) electrons. The van der Waals surface area contributed by atoms with Crippen molar-refractivity contribution >= 4 is 17.7 Å². The van der Waals surface area contributed by atoms with E-state index in [1.165, 1.54) is 7.11 Å². The van der Waals surface area contributed by atoms with Crippen LogP contribution in [0.5, 0.6) is 5.75 Å². The Hall–Kier alpha value is -2.24. The molecule has 2 unspecified atom stereocenters. The molecule has 0 bridgehead atoms. The lowest BCUT2D eigenvalue weighted by atomic mass is 9.99. The van der Waals surface area contributed by atoms with Crippen LogP contribution in [-0.4, -0.2) is 30.3 Å². The average Bonchev–Trinajstić information content (AvgIpc) is 2.44. The monoisotopic (exact) mass is 294 g/mol. The van der Waals surface area contributed by atoms with Gasteiger partial charge < -0.3 is 20.5 Å². The first-order valence-corrected chi connectivity index (χ1v) is 6.84. The highest BCUT2D eigenvalue weighted by Crippen LogP contribution is 2.25. The van der Waals surface area contributed by atoms with E-state index in [0.29, 0.717) is 17.9 Å². The molecule has 0 fully saturated rings. The van der Waals surface area contributed by atoms with Crippen LogP contribution in [0.1, 0.15) is 25.8 Å². The van der Waals surface area contributed by atoms with Gasteiger partial charge in [-0.15, -0.1) is 0 Å². The second-order valence-electron chi connectivity index (χ2n) is 5.00. The van der Waals surface area contributed by atoms with E-state index in [1.54, 1.807) is 19.1 Å². The minimum absolute atomic E-state index is 0.160. The third-order valence-corrected chi connectivity index (χ3v) is 3.37. The van der Waals surface area contributed by atoms with Gasteiger partial charge in [-0.3, -0.25) is 0 Å². The van der Waals surface area contributed by atoms with Gasteiger partial charge >= 0.3 is 12.0 Å². The topological polar surface area (TPSA) is 87.7 Å². The Kier molecular flexibility index (Phi) is 6.02. The van der Waals surface area contributed by atoms with Crippen molar-refractivity contribution in [1.29, 1.82) is 0 Å². The van der Waals surface area contributed by atoms with Crippen LogP contribution in [0.15, 0.2) is 18.2 Å². The number of aryl methyl sites for hydroxylation is 1. The molecule has 0 aromatic heterocycles. The first-order valence-electron chi connectivity index (χ1n) is 6.84. The molecule has 2 atom stereocenters. The number of urea groups is 1. The maximum atomic E-state index is 12.0. The molecule has 0 aliphatic carbocycles. The molecule has 1 aromatic rings. The molecule has 21 heavy (non-hydrogen) atoms. The molecule has 116 valence electrons. The van der Waals surface area contributed by atoms with E-state index in [4.69, 9.17) is 9.84 Å². The smallest absolute Gasteiger partial charge is 0.326 e. The van der Waals surface area contributed by atoms with Gasteiger partial charge in [0.2, 0.25) is 0 Å². The van der Waals surface area contributed by atoms with Crippen LogP contribution in [0.25, 0.3) is 0 Å². The van der Waals surface area contributed by atoms with E-state index in [-0.39, 0.29) is 5.92 Å². The number of methoxy groups -OCH3 is 1. The first-order chi connectivity index (χ1) is 9.88. The van der Waals surface area contributed by atoms with E-state index in [0.717, 1.165) is 5.56 Å². The zero-order valence-electron chi connectivity index (χ0n) is 12.8. The summed E-state index contributed by atoms with van der Waals surface area (Å²) in [6.07, 6.45) is 0.658. The van der Waals surface area contributed by atoms with Gasteiger partial charge in [0.15, 0.2) is 0 Å². The third kappa shape index (κ3) is 4.66. The molecule has 3 N–H and O–H groups in total. The second-order valence-corrected chi connectivity index (χ2v) is 5.00. The maximum Gasteiger partial charge on any atom is 0.326 e. The zero-order valence-corrected chi connectivity index (χ0v) is 12.8. The van der Waals surface area contributed by atoms with Crippen LogP contribution < -0.4 is 15.4 Å². The average molecular weight is 294 g/mol. The number of anilines is 1. The molecule has 2 amide bonds. The van der Waals surface area contributed by atoms with Gasteiger partial charge in [0.1, 0.15) is 11.8 Å². The Morgan fingerprint density at radius 2 is 2.05 bits per heavy atom. The van der Waals surface area contributed by atoms with Crippen LogP contribution in [-0.2, 0) is 4.79 Å². The van der Waals surface area contributed by atoms with Gasteiger partial charge in [0.05, 0.1) is 12.8 Å². The molecule has 6 heteroatoms. The van der Waals surface area contributed by atoms with Gasteiger partial charge in [-0.25, -0.2) is 9.59 Å². The Morgan fingerprint density at radius 1 is 1.38 bits per heavy atom. The molecule has 1 aromatic carbocycles. The largest absolute Gasteiger partial charge is 0.495 e. The van der Waals surface area contributed by atoms with E-state index < -0.39 is 18.0 Å². The second kappa shape index (κ2) is 7.52. The minimum atomic E-state index is -1.05. The maximum absolute atomic E-state index is 12.0. The summed E-state index contributed by atoms with van der Waals surface area (Å²) in [6, 6.07) is 3.88. The molecular formula is C15H22N2O4. The molecule has 0 aliphatic heterocycles. The fourth-order valence-corrected chi connectivity index (χ4v) is 1.90. The van der Waals surface area contributed by atoms with Crippen molar-refractivity contribution in [3.05, 3.63) is 23.8 Å². The minimum Gasteiger partial charge on any atom is -0.495 e. The third-order valence-electron chi connectivity index (χ3n) is 3.37. The Labute approximate surface area is 124 Å². The number of amides is 2. The van der Waals surface area contributed by atoms with Crippen molar-refractivity contribution in [2.24, 2.45) is 5.92 Å². The fraction of sp³-hybridized carbons (Fsp3) is 0.467. The van der Waals surface area contributed by atoms with Gasteiger partial charge in [0.25, 0.3) is 0 Å². The number of hydrogen-bond donors (Lipinski definition) is 3. The summed E-state index contributed by atoms with van der Waals surface area (Å²) in [6.45, 7) is 5.55. The van der Waals surface area contributed by atoms with E-state index in [9.17, 15) is 9.59 Å². The van der Waals surface area contributed by atoms with Gasteiger partial charge in [-0.1, -0.05) is 26.3 Å². The van der Waals surface area contributed by atoms with Crippen molar-refractivity contribution in [3.8, 4) is 5.75 Å². The molecular weight excluding hydrogens is 272 g/mol. The van der Waals surface area contributed by atoms with E-state index in [2.05, 4.69) is 10.6 Å². The first kappa shape index (κ1) is 16.8. The highest BCUT2D eigenvalue weighted by atomic mass is 16.5. The Morgan fingerprint density at radius 3 is 2.57 bits per heavy atom. The summed E-state index contributed by atoms with van der Waals surface area (Å²) in [5, 5.41) is 14.3. The summed E-state index contributed by atoms with van der Waals surface area (Å²) < 4.78 is 5.16. The number of rotatable bonds is 6. The summed E-state index contributed by atoms with van der Waals surface area (Å²) >= 11 is 0. The predicted molar refractivity (Wildman–Crippen MR) is 80.8 cm³/mol. The van der Waals surface area contributed by atoms with E-state index >= 15 is 0 Å². The number of ether oxygens (including phenoxy) is 1. The number of aliphatic carboxylic acids is 1. The van der Waals surface area contributed by atoms with Crippen molar-refractivity contribution in [2.45, 2.75) is 33.2 Å². The quantitative estimate of drug-likeness (QED) is 0.752. The zero-order chi connectivity index (χ0) is 16.0. The molecule has 0 saturated heterocycles. The molecule has 0 aliphatic rings. The summed E-state index contributed by atoms with van der Waals surface area (Å²) in [5.74, 6) is -0.686. The van der Waals surface area contributed by atoms with Crippen molar-refractivity contribution in [3.63, 3.8) is 0 Å². The molecule has 6 nitrogen and oxygen atoms in total. The van der Waals surface area contributed by atoms with Crippen LogP contribution in [0.4, 0.5) is 10.5 Å². The van der Waals surface area contributed by atoms with Gasteiger partial charge in [-0.05, 0) is 30.5 Å². The van der Waals surface area contributed by atoms with Crippen LogP contribution in [0, 0.1) is 12.8 Å². The van der Waals surface area contributed by atoms with Crippen molar-refractivity contribution < 1.29 is 19.4 Å². The number of carboxylic acids is 1. The summed E-state index contributed by atoms with van der Waals surface area (Å²) in [5.41, 5.74) is 1.46. The predicted octanol–water partition coefficient (Wildman–Crippen LogP) is 2.62. The molecule has 0 saturated carbocycles. The number of carbonyl (C=O) groups excluding carboxylic acids is 1. The molecule has 0 spiro atoms. The lowest BCUT2D eigenvalue weighted by molar-refractivity contribution is -0.140. The lowest BCUT2D eigenvalue weighted by Crippen LogP contribution is -2.46. The van der Waals surface area contributed by atoms with Crippen molar-refractivity contribution in [2.75, 3.05) is 12.4 Å². The summed E-state index contributed by atoms with van der Waals surface area (Å²) in [7, 11) is 1.51. The van der Waals surface area contributed by atoms with Gasteiger partial charge in [-0.2, -0.15) is 0 Å². The molecule has 1 rings (SSSR count). The standard InChI is InChI=1S/C15H22N2O4/c1-5-10(3)13(14(18)19)17-15(20)16-11-8-9(2)6-7-12(11)21-4/h6-8,10,13H,5H2,1-4H3,(H,18,19)(H2,16,17,20). The fourth-order valence-electron chi connectivity index (χ4n) is 1.90. The van der Waals surface area contributed by atoms with E-state index in [1.807, 2.05) is 19.9 Å². The van der Waals surface area contributed by atoms with Crippen LogP contribution in [0.3, 0.4) is 0 Å². The molecule has 0 heterocycles. The van der Waals surface area contributed by atoms with Gasteiger partial charge in [0, 0.05) is 0 Å². The summed E-state index contributed by atoms with van der Waals surface area (Å²) in [4.78, 5) is 23.2. The van der Waals surface area contributed by atoms with Crippen LogP contribution >= 0.6 is 0 Å². The number of nitrogens with one attached hydrogen (secondary N) is 2. The highest BCUT2D eigenvalue weighted by molar-refractivity contribution is 5.93. The SMILES string of the molecule is CCC(C)C(NC(=O)Nc1cc(C)ccc1OC)C(=O)O. The number of carbonyl (C=O) groups is 2. The number of hydrogen-bond acceptors (Lipinski definition) is 3. The highest BCUT2D eigenvalue weighted by Gasteiger charge is 2.25. The normalized spacial score (nSPS) is 13.1. The Balaban J connectivity index is 2.81. The number of carboxylic acid groups (broad SMARTS) is 1. The lowest BCUT2D eigenvalue weighted by Gasteiger charge is -2.20. The van der Waals surface area contributed by atoms with Crippen LogP contribution in [0.2, 0.25) is 0 Å². The Bertz CT molecular complexity index is 516. The number of benzene rings is 1. The van der Waals surface area contributed by atoms with Crippen molar-refractivity contribution in [1.82, 2.24) is 5.32 Å².